The van der Waals surface area contributed by atoms with Crippen LogP contribution in [0.2, 0.25) is 0 Å². The summed E-state index contributed by atoms with van der Waals surface area (Å²) in [5, 5.41) is 16.3. The van der Waals surface area contributed by atoms with E-state index in [0.29, 0.717) is 25.1 Å². The maximum Gasteiger partial charge on any atom is 0.424 e. The standard InChI is InChI=1S/C20H35F3N6O.HI/c1-4-24-18(26-10-7-14-29-13-6-5-8-16(29)2)27-11-9-19(30,20(21,22)23)17-25-12-15-28(17)3;/h12,15-16,30H,4-11,13-14H2,1-3H3,(H2,24,26,27);1H. The van der Waals surface area contributed by atoms with E-state index in [1.165, 1.54) is 43.3 Å². The molecule has 2 rings (SSSR count). The molecule has 0 aromatic carbocycles. The van der Waals surface area contributed by atoms with Gasteiger partial charge >= 0.3 is 6.18 Å². The fraction of sp³-hybridized carbons (Fsp3) is 0.800. The number of aliphatic imine (C=N–C) groups is 1. The van der Waals surface area contributed by atoms with Crippen LogP contribution < -0.4 is 10.6 Å². The molecule has 2 unspecified atom stereocenters. The van der Waals surface area contributed by atoms with E-state index in [2.05, 4.69) is 32.4 Å². The van der Waals surface area contributed by atoms with Crippen molar-refractivity contribution in [1.82, 2.24) is 25.1 Å². The minimum atomic E-state index is -4.84. The van der Waals surface area contributed by atoms with Gasteiger partial charge in [0.2, 0.25) is 5.60 Å². The van der Waals surface area contributed by atoms with Crippen LogP contribution in [0.15, 0.2) is 17.4 Å². The first kappa shape index (κ1) is 28.0. The Morgan fingerprint density at radius 1 is 1.32 bits per heavy atom. The summed E-state index contributed by atoms with van der Waals surface area (Å²) in [7, 11) is 1.43. The van der Waals surface area contributed by atoms with E-state index in [-0.39, 0.29) is 30.5 Å². The van der Waals surface area contributed by atoms with Crippen molar-refractivity contribution in [2.75, 3.05) is 32.7 Å². The number of hydrogen-bond acceptors (Lipinski definition) is 4. The van der Waals surface area contributed by atoms with Crippen molar-refractivity contribution in [3.63, 3.8) is 0 Å². The highest BCUT2D eigenvalue weighted by Crippen LogP contribution is 2.40. The minimum absolute atomic E-state index is 0. The number of halogens is 4. The molecule has 1 fully saturated rings. The van der Waals surface area contributed by atoms with E-state index in [4.69, 9.17) is 0 Å². The second-order valence-corrected chi connectivity index (χ2v) is 7.89. The Morgan fingerprint density at radius 3 is 2.65 bits per heavy atom. The minimum Gasteiger partial charge on any atom is -0.374 e. The molecule has 1 aliphatic rings. The molecule has 11 heteroatoms. The van der Waals surface area contributed by atoms with Crippen LogP contribution in [0.3, 0.4) is 0 Å². The average Bonchev–Trinajstić information content (AvgIpc) is 3.11. The van der Waals surface area contributed by atoms with Crippen LogP contribution in [0, 0.1) is 0 Å². The van der Waals surface area contributed by atoms with E-state index in [0.717, 1.165) is 19.5 Å². The Kier molecular flexibility index (Phi) is 11.6. The van der Waals surface area contributed by atoms with Gasteiger partial charge in [0.05, 0.1) is 0 Å². The lowest BCUT2D eigenvalue weighted by molar-refractivity contribution is -0.272. The largest absolute Gasteiger partial charge is 0.424 e. The second-order valence-electron chi connectivity index (χ2n) is 7.89. The molecule has 0 spiro atoms. The molecule has 0 amide bonds. The highest BCUT2D eigenvalue weighted by atomic mass is 127. The number of guanidine groups is 1. The van der Waals surface area contributed by atoms with Crippen LogP contribution in [0.1, 0.15) is 51.8 Å². The topological polar surface area (TPSA) is 77.7 Å². The monoisotopic (exact) mass is 560 g/mol. The van der Waals surface area contributed by atoms with Crippen molar-refractivity contribution < 1.29 is 18.3 Å². The van der Waals surface area contributed by atoms with Gasteiger partial charge in [-0.25, -0.2) is 4.98 Å². The summed E-state index contributed by atoms with van der Waals surface area (Å²) in [5.41, 5.74) is -3.03. The van der Waals surface area contributed by atoms with Gasteiger partial charge in [-0.2, -0.15) is 13.2 Å². The molecule has 2 heterocycles. The van der Waals surface area contributed by atoms with E-state index in [1.54, 1.807) is 0 Å². The summed E-state index contributed by atoms with van der Waals surface area (Å²) in [6.07, 6.45) is 1.85. The molecule has 31 heavy (non-hydrogen) atoms. The first-order valence-electron chi connectivity index (χ1n) is 10.7. The van der Waals surface area contributed by atoms with E-state index in [9.17, 15) is 18.3 Å². The Balaban J connectivity index is 0.00000480. The third kappa shape index (κ3) is 7.77. The third-order valence-electron chi connectivity index (χ3n) is 5.60. The number of rotatable bonds is 9. The van der Waals surface area contributed by atoms with Crippen LogP contribution in [0.4, 0.5) is 13.2 Å². The zero-order valence-corrected chi connectivity index (χ0v) is 20.9. The maximum atomic E-state index is 13.6. The lowest BCUT2D eigenvalue weighted by Crippen LogP contribution is -2.48. The van der Waals surface area contributed by atoms with E-state index >= 15 is 0 Å². The van der Waals surface area contributed by atoms with Crippen molar-refractivity contribution >= 4 is 29.9 Å². The van der Waals surface area contributed by atoms with Gasteiger partial charge < -0.3 is 25.2 Å². The van der Waals surface area contributed by atoms with Gasteiger partial charge in [0.1, 0.15) is 5.82 Å². The molecule has 1 aliphatic heterocycles. The van der Waals surface area contributed by atoms with Gasteiger partial charge in [0.25, 0.3) is 0 Å². The van der Waals surface area contributed by atoms with Crippen LogP contribution >= 0.6 is 24.0 Å². The molecule has 0 saturated carbocycles. The third-order valence-corrected chi connectivity index (χ3v) is 5.60. The van der Waals surface area contributed by atoms with Gasteiger partial charge in [-0.1, -0.05) is 6.42 Å². The molecular formula is C20H36F3IN6O. The normalized spacial score (nSPS) is 20.1. The summed E-state index contributed by atoms with van der Waals surface area (Å²) in [6.45, 7) is 7.31. The highest BCUT2D eigenvalue weighted by molar-refractivity contribution is 14.0. The van der Waals surface area contributed by atoms with Crippen LogP contribution in [-0.4, -0.2) is 70.5 Å². The number of aryl methyl sites for hydroxylation is 1. The van der Waals surface area contributed by atoms with Gasteiger partial charge in [-0.3, -0.25) is 4.99 Å². The van der Waals surface area contributed by atoms with Gasteiger partial charge in [-0.15, -0.1) is 24.0 Å². The van der Waals surface area contributed by atoms with Crippen molar-refractivity contribution in [3.05, 3.63) is 18.2 Å². The van der Waals surface area contributed by atoms with Gasteiger partial charge in [0, 0.05) is 58.1 Å². The van der Waals surface area contributed by atoms with Gasteiger partial charge in [0.15, 0.2) is 5.96 Å². The molecule has 0 radical (unpaired) electrons. The number of nitrogens with zero attached hydrogens (tertiary/aromatic N) is 4. The number of hydrogen-bond donors (Lipinski definition) is 3. The number of alkyl halides is 3. The molecule has 2 atom stereocenters. The van der Waals surface area contributed by atoms with Crippen LogP contribution in [-0.2, 0) is 12.6 Å². The lowest BCUT2D eigenvalue weighted by atomic mass is 9.97. The molecule has 3 N–H and O–H groups in total. The number of aromatic nitrogens is 2. The maximum absolute atomic E-state index is 13.6. The first-order chi connectivity index (χ1) is 14.2. The molecular weight excluding hydrogens is 524 g/mol. The molecule has 180 valence electrons. The Hall–Kier alpha value is -1.08. The fourth-order valence-electron chi connectivity index (χ4n) is 3.80. The fourth-order valence-corrected chi connectivity index (χ4v) is 3.80. The summed E-state index contributed by atoms with van der Waals surface area (Å²) in [4.78, 5) is 10.7. The van der Waals surface area contributed by atoms with E-state index < -0.39 is 24.0 Å². The number of piperidine rings is 1. The van der Waals surface area contributed by atoms with Crippen molar-refractivity contribution in [2.45, 2.75) is 63.8 Å². The van der Waals surface area contributed by atoms with Gasteiger partial charge in [-0.05, 0) is 39.7 Å². The SMILES string of the molecule is CCNC(=NCCCN1CCCCC1C)NCCC(O)(c1nccn1C)C(F)(F)F.I. The smallest absolute Gasteiger partial charge is 0.374 e. The van der Waals surface area contributed by atoms with Crippen molar-refractivity contribution in [3.8, 4) is 0 Å². The zero-order chi connectivity index (χ0) is 22.2. The lowest BCUT2D eigenvalue weighted by Gasteiger charge is -2.33. The Bertz CT molecular complexity index is 684. The highest BCUT2D eigenvalue weighted by Gasteiger charge is 2.57. The predicted molar refractivity (Wildman–Crippen MR) is 127 cm³/mol. The average molecular weight is 560 g/mol. The van der Waals surface area contributed by atoms with E-state index in [1.807, 2.05) is 6.92 Å². The summed E-state index contributed by atoms with van der Waals surface area (Å²) in [6, 6.07) is 0.597. The number of likely N-dealkylation sites (tertiary alicyclic amines) is 1. The van der Waals surface area contributed by atoms with Crippen LogP contribution in [0.25, 0.3) is 0 Å². The number of imidazole rings is 1. The second kappa shape index (κ2) is 12.8. The van der Waals surface area contributed by atoms with Crippen molar-refractivity contribution in [1.29, 1.82) is 0 Å². The van der Waals surface area contributed by atoms with Crippen molar-refractivity contribution in [2.24, 2.45) is 12.0 Å². The Labute approximate surface area is 199 Å². The van der Waals surface area contributed by atoms with Crippen LogP contribution in [0.5, 0.6) is 0 Å². The first-order valence-corrected chi connectivity index (χ1v) is 10.7. The molecule has 7 nitrogen and oxygen atoms in total. The Morgan fingerprint density at radius 2 is 2.06 bits per heavy atom. The summed E-state index contributed by atoms with van der Waals surface area (Å²) in [5.74, 6) is 0.0305. The quantitative estimate of drug-likeness (QED) is 0.188. The molecule has 1 aromatic rings. The molecule has 0 aliphatic carbocycles. The molecule has 1 saturated heterocycles. The number of nitrogens with one attached hydrogen (secondary N) is 2. The summed E-state index contributed by atoms with van der Waals surface area (Å²) >= 11 is 0. The summed E-state index contributed by atoms with van der Waals surface area (Å²) < 4.78 is 42.0. The number of aliphatic hydroxyl groups is 1. The zero-order valence-electron chi connectivity index (χ0n) is 18.6. The predicted octanol–water partition coefficient (Wildman–Crippen LogP) is 3.00. The molecule has 0 bridgehead atoms. The molecule has 1 aromatic heterocycles.